The second-order valence-corrected chi connectivity index (χ2v) is 14.0. The predicted molar refractivity (Wildman–Crippen MR) is 178 cm³/mol. The van der Waals surface area contributed by atoms with Crippen molar-refractivity contribution in [2.45, 2.75) is 97.3 Å². The van der Waals surface area contributed by atoms with E-state index in [2.05, 4.69) is 56.0 Å². The molecule has 46 heavy (non-hydrogen) atoms. The Bertz CT molecular complexity index is 1440. The molecule has 4 atom stereocenters. The van der Waals surface area contributed by atoms with E-state index in [0.29, 0.717) is 24.9 Å². The molecule has 3 saturated heterocycles. The minimum atomic E-state index is -0.972. The number of piperidine rings is 1. The Labute approximate surface area is 273 Å². The molecular weight excluding hydrogens is 579 g/mol. The predicted octanol–water partition coefficient (Wildman–Crippen LogP) is 5.85. The van der Waals surface area contributed by atoms with Crippen LogP contribution in [0.3, 0.4) is 0 Å². The fraction of sp³-hybridized carbons (Fsp3) is 0.568. The molecule has 1 aromatic carbocycles. The summed E-state index contributed by atoms with van der Waals surface area (Å²) in [6.45, 7) is 8.95. The van der Waals surface area contributed by atoms with Gasteiger partial charge in [-0.15, -0.1) is 0 Å². The van der Waals surface area contributed by atoms with Gasteiger partial charge in [-0.1, -0.05) is 68.7 Å². The van der Waals surface area contributed by atoms with Crippen LogP contribution in [0.4, 0.5) is 0 Å². The number of fused-ring (bicyclic) bond motifs is 3. The minimum Gasteiger partial charge on any atom is -0.459 e. The number of furan rings is 1. The molecule has 3 aliphatic heterocycles. The van der Waals surface area contributed by atoms with Gasteiger partial charge in [-0.25, -0.2) is 0 Å². The quantitative estimate of drug-likeness (QED) is 0.183. The molecule has 0 unspecified atom stereocenters. The lowest BCUT2D eigenvalue weighted by molar-refractivity contribution is -0.144. The lowest BCUT2D eigenvalue weighted by atomic mass is 9.57. The van der Waals surface area contributed by atoms with Gasteiger partial charge >= 0.3 is 7.12 Å². The first-order valence-corrected chi connectivity index (χ1v) is 17.4. The molecule has 8 nitrogen and oxygen atoms in total. The van der Waals surface area contributed by atoms with E-state index in [1.54, 1.807) is 11.0 Å². The van der Waals surface area contributed by atoms with Gasteiger partial charge in [0.25, 0.3) is 0 Å². The number of imide groups is 1. The van der Waals surface area contributed by atoms with Gasteiger partial charge in [-0.3, -0.25) is 19.4 Å². The van der Waals surface area contributed by atoms with Crippen molar-refractivity contribution in [2.24, 2.45) is 23.7 Å². The van der Waals surface area contributed by atoms with E-state index in [9.17, 15) is 19.7 Å². The number of aliphatic hydroxyl groups excluding tert-OH is 1. The monoisotopic (exact) mass is 628 g/mol. The number of likely N-dealkylation sites (tertiary alicyclic amines) is 2. The summed E-state index contributed by atoms with van der Waals surface area (Å²) in [5.41, 5.74) is 4.88. The third kappa shape index (κ3) is 6.84. The average Bonchev–Trinajstić information content (AvgIpc) is 3.61. The number of hydrogen-bond acceptors (Lipinski definition) is 7. The van der Waals surface area contributed by atoms with Crippen molar-refractivity contribution < 1.29 is 28.8 Å². The van der Waals surface area contributed by atoms with E-state index in [1.165, 1.54) is 16.7 Å². The smallest absolute Gasteiger partial charge is 0.455 e. The van der Waals surface area contributed by atoms with Crippen LogP contribution in [0.5, 0.6) is 0 Å². The first kappa shape index (κ1) is 32.9. The van der Waals surface area contributed by atoms with Crippen LogP contribution in [-0.2, 0) is 27.4 Å². The average molecular weight is 629 g/mol. The number of amides is 2. The van der Waals surface area contributed by atoms with Crippen LogP contribution in [0.2, 0.25) is 6.32 Å². The van der Waals surface area contributed by atoms with Gasteiger partial charge in [-0.2, -0.15) is 0 Å². The third-order valence-electron chi connectivity index (χ3n) is 10.6. The van der Waals surface area contributed by atoms with E-state index in [4.69, 9.17) is 9.07 Å². The van der Waals surface area contributed by atoms with Crippen LogP contribution in [0.25, 0.3) is 6.08 Å². The van der Waals surface area contributed by atoms with Gasteiger partial charge in [0.15, 0.2) is 0 Å². The van der Waals surface area contributed by atoms with Crippen molar-refractivity contribution in [3.63, 3.8) is 0 Å². The topological polar surface area (TPSA) is 103 Å². The molecular formula is C37H49BN2O6. The van der Waals surface area contributed by atoms with Crippen molar-refractivity contribution in [1.82, 2.24) is 9.80 Å². The molecule has 1 aliphatic carbocycles. The molecule has 2 amide bonds. The molecule has 246 valence electrons. The summed E-state index contributed by atoms with van der Waals surface area (Å²) >= 11 is 0. The van der Waals surface area contributed by atoms with E-state index in [1.807, 2.05) is 12.1 Å². The molecule has 4 aliphatic rings. The highest BCUT2D eigenvalue weighted by atomic mass is 16.5. The second kappa shape index (κ2) is 14.4. The van der Waals surface area contributed by atoms with Crippen LogP contribution in [0.1, 0.15) is 82.8 Å². The molecule has 0 spiro atoms. The Balaban J connectivity index is 1.19. The van der Waals surface area contributed by atoms with Crippen molar-refractivity contribution in [3.8, 4) is 0 Å². The maximum atomic E-state index is 14.3. The summed E-state index contributed by atoms with van der Waals surface area (Å²) in [6, 6.07) is 14.0. The standard InChI is InChI=1S/C37H49BN2O6/c1-4-8-25(19-28-12-13-29(23-41)45-28)11-14-33-34-30(24(2)3)20-31-35(32(34)21-38(44)46-33)37(43)40(36(31)42)27-15-17-39(18-16-27)22-26-9-6-5-7-10-26/h5-7,9-10,12-13,19,24,27,31-33,35,41,44H,4,8,11,14-18,20-23H2,1-3H3/b25-19+/t31-,32+,33-,35-/m1/s1. The summed E-state index contributed by atoms with van der Waals surface area (Å²) in [5.74, 6) is 0.428. The number of rotatable bonds is 11. The highest BCUT2D eigenvalue weighted by Gasteiger charge is 2.58. The normalized spacial score (nSPS) is 26.3. The summed E-state index contributed by atoms with van der Waals surface area (Å²) in [4.78, 5) is 32.4. The Morgan fingerprint density at radius 1 is 1.04 bits per heavy atom. The summed E-state index contributed by atoms with van der Waals surface area (Å²) in [7, 11) is -0.972. The molecule has 2 N–H and O–H groups in total. The zero-order valence-electron chi connectivity index (χ0n) is 27.6. The largest absolute Gasteiger partial charge is 0.459 e. The van der Waals surface area contributed by atoms with Gasteiger partial charge in [0.2, 0.25) is 11.8 Å². The van der Waals surface area contributed by atoms with Crippen molar-refractivity contribution in [2.75, 3.05) is 13.1 Å². The maximum Gasteiger partial charge on any atom is 0.455 e. The SMILES string of the molecule is CCC/C(=C\c1ccc(CO)o1)CC[C@H]1OB(O)C[C@H]2C1=C(C(C)C)C[C@H]1C(=O)N(C3CCN(Cc4ccccc4)CC3)C(=O)[C@H]12. The number of aliphatic hydroxyl groups is 1. The van der Waals surface area contributed by atoms with Crippen LogP contribution in [0, 0.1) is 23.7 Å². The third-order valence-corrected chi connectivity index (χ3v) is 10.6. The van der Waals surface area contributed by atoms with Crippen LogP contribution in [-0.4, -0.2) is 64.1 Å². The second-order valence-electron chi connectivity index (χ2n) is 14.0. The van der Waals surface area contributed by atoms with Crippen LogP contribution < -0.4 is 0 Å². The Kier molecular flexibility index (Phi) is 10.3. The Hall–Kier alpha value is -2.98. The van der Waals surface area contributed by atoms with Crippen molar-refractivity contribution in [3.05, 3.63) is 76.3 Å². The molecule has 0 saturated carbocycles. The van der Waals surface area contributed by atoms with Gasteiger partial charge in [0.05, 0.1) is 17.9 Å². The van der Waals surface area contributed by atoms with Crippen LogP contribution >= 0.6 is 0 Å². The molecule has 9 heteroatoms. The molecule has 1 aromatic heterocycles. The molecule has 0 bridgehead atoms. The number of carbonyl (C=O) groups excluding carboxylic acids is 2. The highest BCUT2D eigenvalue weighted by molar-refractivity contribution is 6.43. The molecule has 2 aromatic rings. The van der Waals surface area contributed by atoms with E-state index >= 15 is 0 Å². The van der Waals surface area contributed by atoms with Gasteiger partial charge < -0.3 is 19.2 Å². The summed E-state index contributed by atoms with van der Waals surface area (Å²) < 4.78 is 12.0. The van der Waals surface area contributed by atoms with Gasteiger partial charge in [0, 0.05) is 25.7 Å². The van der Waals surface area contributed by atoms with E-state index in [-0.39, 0.29) is 48.3 Å². The number of carbonyl (C=O) groups is 2. The van der Waals surface area contributed by atoms with Crippen molar-refractivity contribution >= 4 is 25.0 Å². The summed E-state index contributed by atoms with van der Waals surface area (Å²) in [5, 5.41) is 20.4. The fourth-order valence-corrected chi connectivity index (χ4v) is 8.48. The molecule has 0 radical (unpaired) electrons. The minimum absolute atomic E-state index is 0.0138. The van der Waals surface area contributed by atoms with E-state index in [0.717, 1.165) is 63.1 Å². The molecule has 4 heterocycles. The maximum absolute atomic E-state index is 14.3. The Morgan fingerprint density at radius 3 is 2.48 bits per heavy atom. The van der Waals surface area contributed by atoms with Gasteiger partial charge in [-0.05, 0) is 86.0 Å². The molecule has 6 rings (SSSR count). The number of nitrogens with zero attached hydrogens (tertiary/aromatic N) is 2. The zero-order chi connectivity index (χ0) is 32.4. The van der Waals surface area contributed by atoms with Crippen LogP contribution in [0.15, 0.2) is 63.6 Å². The fourth-order valence-electron chi connectivity index (χ4n) is 8.48. The summed E-state index contributed by atoms with van der Waals surface area (Å²) in [6.07, 6.45) is 7.60. The highest BCUT2D eigenvalue weighted by Crippen LogP contribution is 2.52. The zero-order valence-corrected chi connectivity index (χ0v) is 27.6. The number of hydrogen-bond donors (Lipinski definition) is 2. The van der Waals surface area contributed by atoms with E-state index < -0.39 is 13.0 Å². The Morgan fingerprint density at radius 2 is 1.80 bits per heavy atom. The first-order chi connectivity index (χ1) is 22.3. The number of allylic oxidation sites excluding steroid dienone is 2. The lowest BCUT2D eigenvalue weighted by Gasteiger charge is -2.44. The lowest BCUT2D eigenvalue weighted by Crippen LogP contribution is -2.48. The number of benzene rings is 1. The van der Waals surface area contributed by atoms with Crippen molar-refractivity contribution in [1.29, 1.82) is 0 Å². The van der Waals surface area contributed by atoms with Gasteiger partial charge in [0.1, 0.15) is 18.1 Å². The first-order valence-electron chi connectivity index (χ1n) is 17.4. The molecule has 3 fully saturated rings.